The molecule has 0 radical (unpaired) electrons. The Balaban J connectivity index is 2.13. The predicted octanol–water partition coefficient (Wildman–Crippen LogP) is 1.39. The summed E-state index contributed by atoms with van der Waals surface area (Å²) >= 11 is 1.33. The number of carboxylic acids is 1. The largest absolute Gasteiger partial charge is 0.504 e. The second-order valence-electron chi connectivity index (χ2n) is 4.57. The summed E-state index contributed by atoms with van der Waals surface area (Å²) in [5, 5.41) is 35.8. The number of carboxylic acid groups (broad SMARTS) is 1. The van der Waals surface area contributed by atoms with E-state index in [4.69, 9.17) is 0 Å². The summed E-state index contributed by atoms with van der Waals surface area (Å²) in [5.41, 5.74) is 0.555. The zero-order chi connectivity index (χ0) is 15.9. The average Bonchev–Trinajstić information content (AvgIpc) is 2.92. The smallest absolute Gasteiger partial charge is 0.352 e. The standard InChI is InChI=1S/C13H12N4O4S/c1-22-13-15-12-14-7(11(20)21)5-8(17(12)16-13)6-2-3-9(18)10(19)4-6/h2-5,8,18-19H,1H3,(H,20,21)(H,14,15,16)/t8-/m0/s1. The highest BCUT2D eigenvalue weighted by molar-refractivity contribution is 7.98. The summed E-state index contributed by atoms with van der Waals surface area (Å²) < 4.78 is 1.53. The van der Waals surface area contributed by atoms with Gasteiger partial charge in [-0.15, -0.1) is 5.10 Å². The quantitative estimate of drug-likeness (QED) is 0.495. The van der Waals surface area contributed by atoms with Crippen LogP contribution in [-0.2, 0) is 4.79 Å². The van der Waals surface area contributed by atoms with Crippen LogP contribution < -0.4 is 5.32 Å². The van der Waals surface area contributed by atoms with Gasteiger partial charge in [-0.05, 0) is 30.0 Å². The minimum absolute atomic E-state index is 0.0230. The predicted molar refractivity (Wildman–Crippen MR) is 79.1 cm³/mol. The van der Waals surface area contributed by atoms with Crippen molar-refractivity contribution in [1.29, 1.82) is 0 Å². The summed E-state index contributed by atoms with van der Waals surface area (Å²) in [6.07, 6.45) is 3.29. The number of carbonyl (C=O) groups is 1. The molecule has 1 aliphatic rings. The maximum absolute atomic E-state index is 11.3. The third-order valence-electron chi connectivity index (χ3n) is 3.20. The average molecular weight is 320 g/mol. The number of fused-ring (bicyclic) bond motifs is 1. The van der Waals surface area contributed by atoms with Gasteiger partial charge < -0.3 is 20.6 Å². The van der Waals surface area contributed by atoms with Gasteiger partial charge in [0.15, 0.2) is 11.5 Å². The van der Waals surface area contributed by atoms with E-state index < -0.39 is 12.0 Å². The molecule has 1 aromatic heterocycles. The third-order valence-corrected chi connectivity index (χ3v) is 3.74. The molecule has 2 aromatic rings. The van der Waals surface area contributed by atoms with Crippen molar-refractivity contribution in [2.75, 3.05) is 11.6 Å². The van der Waals surface area contributed by atoms with E-state index in [-0.39, 0.29) is 17.2 Å². The van der Waals surface area contributed by atoms with Crippen LogP contribution in [0.3, 0.4) is 0 Å². The van der Waals surface area contributed by atoms with E-state index in [2.05, 4.69) is 15.4 Å². The molecule has 0 spiro atoms. The van der Waals surface area contributed by atoms with E-state index in [0.717, 1.165) is 0 Å². The number of benzene rings is 1. The maximum atomic E-state index is 11.3. The fourth-order valence-corrected chi connectivity index (χ4v) is 2.49. The molecule has 0 amide bonds. The number of hydrogen-bond acceptors (Lipinski definition) is 7. The Hall–Kier alpha value is -2.68. The second kappa shape index (κ2) is 5.26. The van der Waals surface area contributed by atoms with Gasteiger partial charge in [-0.2, -0.15) is 4.98 Å². The normalized spacial score (nSPS) is 16.6. The lowest BCUT2D eigenvalue weighted by Gasteiger charge is -2.22. The minimum atomic E-state index is -1.12. The number of aromatic hydroxyl groups is 2. The van der Waals surface area contributed by atoms with Gasteiger partial charge in [0.05, 0.1) is 0 Å². The molecule has 0 saturated carbocycles. The Morgan fingerprint density at radius 3 is 2.77 bits per heavy atom. The lowest BCUT2D eigenvalue weighted by atomic mass is 10.0. The lowest BCUT2D eigenvalue weighted by Crippen LogP contribution is -2.24. The SMILES string of the molecule is CSc1nc2n(n1)[C@H](c1ccc(O)c(O)c1)C=C(C(=O)O)N2. The molecule has 0 aliphatic carbocycles. The molecular weight excluding hydrogens is 308 g/mol. The number of aliphatic carboxylic acids is 1. The number of anilines is 1. The van der Waals surface area contributed by atoms with Crippen LogP contribution in [-0.4, -0.2) is 42.3 Å². The van der Waals surface area contributed by atoms with Gasteiger partial charge in [0.2, 0.25) is 11.1 Å². The van der Waals surface area contributed by atoms with Crippen molar-refractivity contribution in [3.63, 3.8) is 0 Å². The highest BCUT2D eigenvalue weighted by Crippen LogP contribution is 2.34. The number of aromatic nitrogens is 3. The molecule has 0 bridgehead atoms. The van der Waals surface area contributed by atoms with E-state index in [1.54, 1.807) is 6.07 Å². The molecule has 0 unspecified atom stereocenters. The van der Waals surface area contributed by atoms with Crippen LogP contribution in [0.5, 0.6) is 11.5 Å². The molecular formula is C13H12N4O4S. The van der Waals surface area contributed by atoms with Crippen molar-refractivity contribution >= 4 is 23.7 Å². The summed E-state index contributed by atoms with van der Waals surface area (Å²) in [6.45, 7) is 0. The number of nitrogens with one attached hydrogen (secondary N) is 1. The number of hydrogen-bond donors (Lipinski definition) is 4. The van der Waals surface area contributed by atoms with E-state index in [0.29, 0.717) is 16.7 Å². The Bertz CT molecular complexity index is 786. The van der Waals surface area contributed by atoms with E-state index in [1.807, 2.05) is 6.26 Å². The molecule has 22 heavy (non-hydrogen) atoms. The molecule has 1 aliphatic heterocycles. The van der Waals surface area contributed by atoms with Crippen LogP contribution in [0.2, 0.25) is 0 Å². The van der Waals surface area contributed by atoms with Gasteiger partial charge >= 0.3 is 5.97 Å². The first kappa shape index (κ1) is 14.3. The van der Waals surface area contributed by atoms with Crippen molar-refractivity contribution in [3.05, 3.63) is 35.5 Å². The van der Waals surface area contributed by atoms with Crippen LogP contribution in [0.1, 0.15) is 11.6 Å². The molecule has 2 heterocycles. The van der Waals surface area contributed by atoms with E-state index in [9.17, 15) is 20.1 Å². The maximum Gasteiger partial charge on any atom is 0.352 e. The first-order valence-electron chi connectivity index (χ1n) is 6.24. The Morgan fingerprint density at radius 1 is 1.36 bits per heavy atom. The molecule has 4 N–H and O–H groups in total. The molecule has 8 nitrogen and oxygen atoms in total. The van der Waals surface area contributed by atoms with Gasteiger partial charge in [-0.3, -0.25) is 0 Å². The zero-order valence-electron chi connectivity index (χ0n) is 11.4. The Labute approximate surface area is 129 Å². The van der Waals surface area contributed by atoms with Crippen LogP contribution in [0, 0.1) is 0 Å². The number of phenols is 2. The molecule has 1 atom stereocenters. The molecule has 1 aromatic carbocycles. The number of phenolic OH excluding ortho intramolecular Hbond substituents is 2. The van der Waals surface area contributed by atoms with Crippen molar-refractivity contribution in [2.45, 2.75) is 11.2 Å². The number of nitrogens with zero attached hydrogens (tertiary/aromatic N) is 3. The van der Waals surface area contributed by atoms with Gasteiger partial charge in [0.25, 0.3) is 0 Å². The molecule has 0 fully saturated rings. The van der Waals surface area contributed by atoms with Crippen molar-refractivity contribution in [1.82, 2.24) is 14.8 Å². The summed E-state index contributed by atoms with van der Waals surface area (Å²) in [6, 6.07) is 3.74. The lowest BCUT2D eigenvalue weighted by molar-refractivity contribution is -0.132. The number of thioether (sulfide) groups is 1. The fourth-order valence-electron chi connectivity index (χ4n) is 2.15. The number of allylic oxidation sites excluding steroid dienone is 1. The van der Waals surface area contributed by atoms with Crippen LogP contribution in [0.4, 0.5) is 5.95 Å². The second-order valence-corrected chi connectivity index (χ2v) is 5.34. The molecule has 9 heteroatoms. The summed E-state index contributed by atoms with van der Waals surface area (Å²) in [5.74, 6) is -1.34. The van der Waals surface area contributed by atoms with E-state index >= 15 is 0 Å². The highest BCUT2D eigenvalue weighted by Gasteiger charge is 2.27. The van der Waals surface area contributed by atoms with Gasteiger partial charge in [0.1, 0.15) is 11.7 Å². The molecule has 114 valence electrons. The van der Waals surface area contributed by atoms with Crippen molar-refractivity contribution < 1.29 is 20.1 Å². The van der Waals surface area contributed by atoms with E-state index in [1.165, 1.54) is 34.7 Å². The van der Waals surface area contributed by atoms with Crippen LogP contribution in [0.25, 0.3) is 0 Å². The summed E-state index contributed by atoms with van der Waals surface area (Å²) in [4.78, 5) is 15.5. The van der Waals surface area contributed by atoms with Crippen LogP contribution >= 0.6 is 11.8 Å². The van der Waals surface area contributed by atoms with Gasteiger partial charge in [0, 0.05) is 0 Å². The van der Waals surface area contributed by atoms with Crippen LogP contribution in [0.15, 0.2) is 35.1 Å². The van der Waals surface area contributed by atoms with Gasteiger partial charge in [-0.1, -0.05) is 17.8 Å². The fraction of sp³-hybridized carbons (Fsp3) is 0.154. The number of rotatable bonds is 3. The van der Waals surface area contributed by atoms with Crippen molar-refractivity contribution in [2.24, 2.45) is 0 Å². The Morgan fingerprint density at radius 2 is 2.14 bits per heavy atom. The molecule has 0 saturated heterocycles. The Kier molecular flexibility index (Phi) is 3.41. The topological polar surface area (TPSA) is 121 Å². The first-order valence-corrected chi connectivity index (χ1v) is 7.46. The minimum Gasteiger partial charge on any atom is -0.504 e. The first-order chi connectivity index (χ1) is 10.5. The van der Waals surface area contributed by atoms with Crippen molar-refractivity contribution in [3.8, 4) is 11.5 Å². The summed E-state index contributed by atoms with van der Waals surface area (Å²) in [7, 11) is 0. The third kappa shape index (κ3) is 2.35. The highest BCUT2D eigenvalue weighted by atomic mass is 32.2. The van der Waals surface area contributed by atoms with Gasteiger partial charge in [-0.25, -0.2) is 9.48 Å². The molecule has 3 rings (SSSR count). The monoisotopic (exact) mass is 320 g/mol. The zero-order valence-corrected chi connectivity index (χ0v) is 12.2.